The predicted octanol–water partition coefficient (Wildman–Crippen LogP) is 1.24. The number of esters is 1. The molecule has 3 aliphatic rings. The number of hydrogen-bond donors (Lipinski definition) is 1. The van der Waals surface area contributed by atoms with E-state index in [4.69, 9.17) is 14.2 Å². The molecule has 1 amide bonds. The Hall–Kier alpha value is -1.60. The van der Waals surface area contributed by atoms with E-state index < -0.39 is 29.8 Å². The van der Waals surface area contributed by atoms with Crippen LogP contribution >= 0.6 is 0 Å². The van der Waals surface area contributed by atoms with Gasteiger partial charge in [-0.2, -0.15) is 0 Å². The van der Waals surface area contributed by atoms with Gasteiger partial charge in [-0.15, -0.1) is 0 Å². The van der Waals surface area contributed by atoms with Gasteiger partial charge in [-0.1, -0.05) is 0 Å². The zero-order valence-corrected chi connectivity index (χ0v) is 14.6. The van der Waals surface area contributed by atoms with Gasteiger partial charge in [0.05, 0.1) is 38.0 Å². The molecule has 3 rings (SSSR count). The van der Waals surface area contributed by atoms with Crippen LogP contribution in [0.1, 0.15) is 34.1 Å². The Bertz CT molecular complexity index is 580. The minimum atomic E-state index is -0.903. The smallest absolute Gasteiger partial charge is 0.411 e. The summed E-state index contributed by atoms with van der Waals surface area (Å²) in [5.41, 5.74) is -0.337. The van der Waals surface area contributed by atoms with Gasteiger partial charge in [0.2, 0.25) is 0 Å². The molecule has 1 spiro atoms. The Labute approximate surface area is 141 Å². The average molecular weight is 339 g/mol. The number of carbonyl (C=O) groups is 2. The van der Waals surface area contributed by atoms with Crippen LogP contribution < -0.4 is 0 Å². The fraction of sp³-hybridized carbons (Fsp3) is 0.765. The SMILES string of the molecule is CCOC(=O)/C=C1/CC23COCC2N(C(=O)OC(C)(C)C)C3C1O. The van der Waals surface area contributed by atoms with Crippen LogP contribution in [-0.4, -0.2) is 65.7 Å². The van der Waals surface area contributed by atoms with E-state index in [1.165, 1.54) is 6.08 Å². The highest BCUT2D eigenvalue weighted by molar-refractivity contribution is 5.83. The maximum Gasteiger partial charge on any atom is 0.411 e. The molecule has 2 saturated heterocycles. The molecule has 2 heterocycles. The Morgan fingerprint density at radius 2 is 2.17 bits per heavy atom. The molecule has 1 aliphatic carbocycles. The van der Waals surface area contributed by atoms with E-state index in [1.807, 2.05) is 0 Å². The maximum atomic E-state index is 12.5. The zero-order valence-electron chi connectivity index (χ0n) is 14.6. The number of carbonyl (C=O) groups excluding carboxylic acids is 2. The topological polar surface area (TPSA) is 85.3 Å². The van der Waals surface area contributed by atoms with Crippen LogP contribution in [0.3, 0.4) is 0 Å². The van der Waals surface area contributed by atoms with Gasteiger partial charge < -0.3 is 19.3 Å². The molecule has 1 N–H and O–H groups in total. The molecule has 0 aromatic rings. The molecular weight excluding hydrogens is 314 g/mol. The third-order valence-corrected chi connectivity index (χ3v) is 4.94. The number of ether oxygens (including phenoxy) is 3. The molecule has 3 fully saturated rings. The first kappa shape index (κ1) is 17.2. The Morgan fingerprint density at radius 3 is 2.79 bits per heavy atom. The summed E-state index contributed by atoms with van der Waals surface area (Å²) in [7, 11) is 0. The van der Waals surface area contributed by atoms with Crippen molar-refractivity contribution in [2.75, 3.05) is 19.8 Å². The molecule has 2 aliphatic heterocycles. The molecule has 7 heteroatoms. The van der Waals surface area contributed by atoms with E-state index in [0.717, 1.165) is 0 Å². The predicted molar refractivity (Wildman–Crippen MR) is 84.2 cm³/mol. The number of rotatable bonds is 2. The first-order valence-electron chi connectivity index (χ1n) is 8.34. The number of aliphatic hydroxyl groups excluding tert-OH is 1. The summed E-state index contributed by atoms with van der Waals surface area (Å²) < 4.78 is 16.0. The van der Waals surface area contributed by atoms with Crippen LogP contribution in [0.2, 0.25) is 0 Å². The van der Waals surface area contributed by atoms with Crippen molar-refractivity contribution in [3.63, 3.8) is 0 Å². The second-order valence-electron chi connectivity index (χ2n) is 7.69. The van der Waals surface area contributed by atoms with Gasteiger partial charge in [0.25, 0.3) is 0 Å². The average Bonchev–Trinajstić information content (AvgIpc) is 2.86. The third kappa shape index (κ3) is 2.59. The maximum absolute atomic E-state index is 12.5. The quantitative estimate of drug-likeness (QED) is 0.602. The highest BCUT2D eigenvalue weighted by Gasteiger charge is 2.71. The Morgan fingerprint density at radius 1 is 1.46 bits per heavy atom. The standard InChI is InChI=1S/C17H25NO6/c1-5-23-12(19)6-10-7-17-9-22-8-11(17)18(14(17)13(10)20)15(21)24-16(2,3)4/h6,11,13-14,20H,5,7-9H2,1-4H3/b10-6-. The molecule has 7 nitrogen and oxygen atoms in total. The van der Waals surface area contributed by atoms with Gasteiger partial charge in [0.1, 0.15) is 5.60 Å². The highest BCUT2D eigenvalue weighted by Crippen LogP contribution is 2.59. The molecule has 24 heavy (non-hydrogen) atoms. The number of hydrogen-bond acceptors (Lipinski definition) is 6. The van der Waals surface area contributed by atoms with E-state index in [2.05, 4.69) is 0 Å². The first-order valence-corrected chi connectivity index (χ1v) is 8.34. The van der Waals surface area contributed by atoms with Gasteiger partial charge in [0.15, 0.2) is 0 Å². The molecule has 4 atom stereocenters. The monoisotopic (exact) mass is 339 g/mol. The molecule has 0 radical (unpaired) electrons. The van der Waals surface area contributed by atoms with Crippen molar-refractivity contribution in [1.82, 2.24) is 4.90 Å². The van der Waals surface area contributed by atoms with Gasteiger partial charge in [-0.05, 0) is 39.7 Å². The summed E-state index contributed by atoms with van der Waals surface area (Å²) in [5.74, 6) is -0.469. The van der Waals surface area contributed by atoms with Crippen LogP contribution in [-0.2, 0) is 19.0 Å². The summed E-state index contributed by atoms with van der Waals surface area (Å²) in [6.45, 7) is 8.33. The number of aliphatic hydroxyl groups is 1. The van der Waals surface area contributed by atoms with Crippen LogP contribution in [0.25, 0.3) is 0 Å². The van der Waals surface area contributed by atoms with Gasteiger partial charge >= 0.3 is 12.1 Å². The van der Waals surface area contributed by atoms with Crippen molar-refractivity contribution in [1.29, 1.82) is 0 Å². The number of nitrogens with zero attached hydrogens (tertiary/aromatic N) is 1. The second kappa shape index (κ2) is 5.74. The largest absolute Gasteiger partial charge is 0.463 e. The number of amides is 1. The lowest BCUT2D eigenvalue weighted by Crippen LogP contribution is -2.73. The lowest BCUT2D eigenvalue weighted by atomic mass is 9.68. The van der Waals surface area contributed by atoms with Crippen LogP contribution in [0.4, 0.5) is 4.79 Å². The second-order valence-corrected chi connectivity index (χ2v) is 7.69. The van der Waals surface area contributed by atoms with Crippen LogP contribution in [0, 0.1) is 5.41 Å². The minimum Gasteiger partial charge on any atom is -0.463 e. The van der Waals surface area contributed by atoms with E-state index in [0.29, 0.717) is 25.2 Å². The first-order chi connectivity index (χ1) is 11.2. The van der Waals surface area contributed by atoms with Crippen molar-refractivity contribution in [2.24, 2.45) is 5.41 Å². The van der Waals surface area contributed by atoms with Crippen LogP contribution in [0.15, 0.2) is 11.6 Å². The van der Waals surface area contributed by atoms with Crippen molar-refractivity contribution in [3.8, 4) is 0 Å². The normalized spacial score (nSPS) is 36.1. The Kier molecular flexibility index (Phi) is 4.12. The molecular formula is C17H25NO6. The summed E-state index contributed by atoms with van der Waals surface area (Å²) in [5, 5.41) is 10.7. The molecule has 0 aromatic carbocycles. The lowest BCUT2D eigenvalue weighted by molar-refractivity contribution is -0.137. The summed E-state index contributed by atoms with van der Waals surface area (Å²) >= 11 is 0. The summed E-state index contributed by atoms with van der Waals surface area (Å²) in [6.07, 6.45) is 0.529. The van der Waals surface area contributed by atoms with Crippen molar-refractivity contribution in [3.05, 3.63) is 11.6 Å². The molecule has 1 saturated carbocycles. The van der Waals surface area contributed by atoms with Gasteiger partial charge in [-0.25, -0.2) is 9.59 Å². The van der Waals surface area contributed by atoms with Crippen molar-refractivity contribution in [2.45, 2.75) is 57.9 Å². The molecule has 0 bridgehead atoms. The third-order valence-electron chi connectivity index (χ3n) is 4.94. The van der Waals surface area contributed by atoms with E-state index in [1.54, 1.807) is 32.6 Å². The van der Waals surface area contributed by atoms with E-state index >= 15 is 0 Å². The van der Waals surface area contributed by atoms with E-state index in [9.17, 15) is 14.7 Å². The Balaban J connectivity index is 1.83. The van der Waals surface area contributed by atoms with Gasteiger partial charge in [0, 0.05) is 11.5 Å². The zero-order chi connectivity index (χ0) is 17.7. The number of likely N-dealkylation sites (tertiary alicyclic amines) is 1. The minimum absolute atomic E-state index is 0.125. The lowest BCUT2D eigenvalue weighted by Gasteiger charge is -2.56. The van der Waals surface area contributed by atoms with Crippen molar-refractivity contribution >= 4 is 12.1 Å². The fourth-order valence-corrected chi connectivity index (χ4v) is 4.11. The van der Waals surface area contributed by atoms with Gasteiger partial charge in [-0.3, -0.25) is 4.90 Å². The fourth-order valence-electron chi connectivity index (χ4n) is 4.11. The molecule has 4 unspecified atom stereocenters. The molecule has 0 aromatic heterocycles. The van der Waals surface area contributed by atoms with Crippen LogP contribution in [0.5, 0.6) is 0 Å². The highest BCUT2D eigenvalue weighted by atomic mass is 16.6. The summed E-state index contributed by atoms with van der Waals surface area (Å²) in [6, 6.07) is -0.541. The molecule has 134 valence electrons. The summed E-state index contributed by atoms with van der Waals surface area (Å²) in [4.78, 5) is 25.8. The van der Waals surface area contributed by atoms with E-state index in [-0.39, 0.29) is 18.1 Å². The van der Waals surface area contributed by atoms with Crippen molar-refractivity contribution < 1.29 is 28.9 Å².